The molecule has 0 amide bonds. The average molecular weight is 255 g/mol. The number of aliphatic hydroxyl groups is 4. The summed E-state index contributed by atoms with van der Waals surface area (Å²) in [7, 11) is 0. The Hall–Kier alpha value is -1.02. The Bertz CT molecular complexity index is 399. The first-order valence-electron chi connectivity index (χ1n) is 5.69. The second-order valence-electron chi connectivity index (χ2n) is 4.41. The molecule has 100 valence electrons. The summed E-state index contributed by atoms with van der Waals surface area (Å²) in [5.74, 6) is -1.94. The van der Waals surface area contributed by atoms with Gasteiger partial charge in [0.15, 0.2) is 0 Å². The van der Waals surface area contributed by atoms with Gasteiger partial charge in [-0.15, -0.1) is 0 Å². The summed E-state index contributed by atoms with van der Waals surface area (Å²) in [4.78, 5) is 0. The third kappa shape index (κ3) is 2.03. The third-order valence-electron chi connectivity index (χ3n) is 3.25. The number of hydrogen-bond donors (Lipinski definition) is 5. The van der Waals surface area contributed by atoms with Gasteiger partial charge >= 0.3 is 0 Å². The predicted octanol–water partition coefficient (Wildman–Crippen LogP) is -1.73. The minimum atomic E-state index is -1.94. The van der Waals surface area contributed by atoms with E-state index in [4.69, 9.17) is 15.6 Å². The van der Waals surface area contributed by atoms with Crippen LogP contribution < -0.4 is 5.73 Å². The lowest BCUT2D eigenvalue weighted by atomic mass is 9.87. The van der Waals surface area contributed by atoms with Crippen molar-refractivity contribution in [3.05, 3.63) is 35.9 Å². The van der Waals surface area contributed by atoms with Gasteiger partial charge in [0.1, 0.15) is 18.3 Å². The van der Waals surface area contributed by atoms with Crippen molar-refractivity contribution in [3.8, 4) is 0 Å². The van der Waals surface area contributed by atoms with Crippen LogP contribution in [0.4, 0.5) is 0 Å². The quantitative estimate of drug-likeness (QED) is 0.429. The molecule has 18 heavy (non-hydrogen) atoms. The lowest BCUT2D eigenvalue weighted by molar-refractivity contribution is -0.322. The van der Waals surface area contributed by atoms with Crippen LogP contribution in [0.1, 0.15) is 5.56 Å². The van der Waals surface area contributed by atoms with Crippen LogP contribution in [0, 0.1) is 0 Å². The van der Waals surface area contributed by atoms with Crippen LogP contribution in [0.15, 0.2) is 30.3 Å². The molecule has 2 rings (SSSR count). The molecule has 0 spiro atoms. The van der Waals surface area contributed by atoms with Crippen molar-refractivity contribution in [2.24, 2.45) is 5.73 Å². The van der Waals surface area contributed by atoms with E-state index >= 15 is 0 Å². The molecule has 1 aliphatic heterocycles. The summed E-state index contributed by atoms with van der Waals surface area (Å²) in [6.07, 6.45) is -3.82. The zero-order valence-corrected chi connectivity index (χ0v) is 9.68. The van der Waals surface area contributed by atoms with Gasteiger partial charge in [0, 0.05) is 5.56 Å². The maximum atomic E-state index is 10.5. The predicted molar refractivity (Wildman–Crippen MR) is 62.3 cm³/mol. The van der Waals surface area contributed by atoms with Gasteiger partial charge in [-0.05, 0) is 0 Å². The second-order valence-corrected chi connectivity index (χ2v) is 4.41. The SMILES string of the molecule is N[C@@H]1[C@@H](O)[C@H](O)[C@@H](CO)OC1(O)c1ccccc1. The molecule has 1 saturated heterocycles. The van der Waals surface area contributed by atoms with Gasteiger partial charge in [-0.1, -0.05) is 30.3 Å². The van der Waals surface area contributed by atoms with Crippen molar-refractivity contribution >= 4 is 0 Å². The van der Waals surface area contributed by atoms with Crippen molar-refractivity contribution < 1.29 is 25.2 Å². The lowest BCUT2D eigenvalue weighted by Crippen LogP contribution is -2.66. The van der Waals surface area contributed by atoms with E-state index < -0.39 is 36.7 Å². The van der Waals surface area contributed by atoms with Crippen LogP contribution in [-0.2, 0) is 10.5 Å². The number of aliphatic hydroxyl groups excluding tert-OH is 3. The molecule has 0 radical (unpaired) electrons. The summed E-state index contributed by atoms with van der Waals surface area (Å²) in [6, 6.07) is 7.12. The molecule has 0 saturated carbocycles. The highest BCUT2D eigenvalue weighted by Crippen LogP contribution is 2.34. The first-order chi connectivity index (χ1) is 8.50. The number of hydrogen-bond acceptors (Lipinski definition) is 6. The Morgan fingerprint density at radius 1 is 1.17 bits per heavy atom. The van der Waals surface area contributed by atoms with Crippen molar-refractivity contribution in [1.82, 2.24) is 0 Å². The summed E-state index contributed by atoms with van der Waals surface area (Å²) in [5, 5.41) is 39.0. The molecular weight excluding hydrogens is 238 g/mol. The van der Waals surface area contributed by atoms with E-state index in [0.29, 0.717) is 5.56 Å². The van der Waals surface area contributed by atoms with Gasteiger partial charge < -0.3 is 30.9 Å². The molecule has 0 aromatic heterocycles. The molecule has 0 bridgehead atoms. The maximum Gasteiger partial charge on any atom is 0.211 e. The minimum absolute atomic E-state index is 0.363. The van der Waals surface area contributed by atoms with Crippen molar-refractivity contribution in [3.63, 3.8) is 0 Å². The monoisotopic (exact) mass is 255 g/mol. The molecule has 5 atom stereocenters. The third-order valence-corrected chi connectivity index (χ3v) is 3.25. The maximum absolute atomic E-state index is 10.5. The largest absolute Gasteiger partial charge is 0.394 e. The first kappa shape index (κ1) is 13.4. The van der Waals surface area contributed by atoms with Crippen LogP contribution in [0.2, 0.25) is 0 Å². The molecule has 1 unspecified atom stereocenters. The molecule has 6 heteroatoms. The topological polar surface area (TPSA) is 116 Å². The highest BCUT2D eigenvalue weighted by Gasteiger charge is 2.52. The van der Waals surface area contributed by atoms with E-state index in [-0.39, 0.29) is 0 Å². The Labute approximate surface area is 104 Å². The van der Waals surface area contributed by atoms with Gasteiger partial charge in [0.2, 0.25) is 5.79 Å². The first-order valence-corrected chi connectivity index (χ1v) is 5.69. The molecule has 1 fully saturated rings. The van der Waals surface area contributed by atoms with Crippen molar-refractivity contribution in [1.29, 1.82) is 0 Å². The molecule has 1 aliphatic rings. The highest BCUT2D eigenvalue weighted by atomic mass is 16.6. The minimum Gasteiger partial charge on any atom is -0.394 e. The van der Waals surface area contributed by atoms with Gasteiger partial charge in [0.25, 0.3) is 0 Å². The Kier molecular flexibility index (Phi) is 3.67. The molecule has 6 N–H and O–H groups in total. The zero-order chi connectivity index (χ0) is 13.3. The van der Waals surface area contributed by atoms with E-state index in [1.807, 2.05) is 0 Å². The number of ether oxygens (including phenoxy) is 1. The molecule has 0 aliphatic carbocycles. The van der Waals surface area contributed by atoms with Crippen LogP contribution in [-0.4, -0.2) is 51.4 Å². The van der Waals surface area contributed by atoms with Crippen molar-refractivity contribution in [2.45, 2.75) is 30.1 Å². The van der Waals surface area contributed by atoms with Crippen molar-refractivity contribution in [2.75, 3.05) is 6.61 Å². The lowest BCUT2D eigenvalue weighted by Gasteiger charge is -2.46. The fourth-order valence-electron chi connectivity index (χ4n) is 2.13. The fraction of sp³-hybridized carbons (Fsp3) is 0.500. The van der Waals surface area contributed by atoms with Crippen LogP contribution in [0.3, 0.4) is 0 Å². The molecule has 1 aromatic rings. The van der Waals surface area contributed by atoms with Crippen LogP contribution in [0.5, 0.6) is 0 Å². The summed E-state index contributed by atoms with van der Waals surface area (Å²) < 4.78 is 5.27. The van der Waals surface area contributed by atoms with Crippen LogP contribution >= 0.6 is 0 Å². The van der Waals surface area contributed by atoms with Gasteiger partial charge in [-0.2, -0.15) is 0 Å². The van der Waals surface area contributed by atoms with Gasteiger partial charge in [-0.25, -0.2) is 0 Å². The number of rotatable bonds is 2. The molecule has 6 nitrogen and oxygen atoms in total. The number of benzene rings is 1. The molecular formula is C12H17NO5. The second kappa shape index (κ2) is 4.93. The van der Waals surface area contributed by atoms with Gasteiger partial charge in [0.05, 0.1) is 12.6 Å². The average Bonchev–Trinajstić information content (AvgIpc) is 2.41. The molecule has 1 aromatic carbocycles. The normalized spacial score (nSPS) is 40.7. The highest BCUT2D eigenvalue weighted by molar-refractivity contribution is 5.24. The van der Waals surface area contributed by atoms with E-state index in [9.17, 15) is 15.3 Å². The van der Waals surface area contributed by atoms with Gasteiger partial charge in [-0.3, -0.25) is 0 Å². The fourth-order valence-corrected chi connectivity index (χ4v) is 2.13. The smallest absolute Gasteiger partial charge is 0.211 e. The summed E-state index contributed by atoms with van der Waals surface area (Å²) in [6.45, 7) is -0.528. The summed E-state index contributed by atoms with van der Waals surface area (Å²) >= 11 is 0. The van der Waals surface area contributed by atoms with E-state index in [1.54, 1.807) is 30.3 Å². The number of nitrogens with two attached hydrogens (primary N) is 1. The molecule has 1 heterocycles. The zero-order valence-electron chi connectivity index (χ0n) is 9.68. The van der Waals surface area contributed by atoms with E-state index in [1.165, 1.54) is 0 Å². The van der Waals surface area contributed by atoms with E-state index in [0.717, 1.165) is 0 Å². The summed E-state index contributed by atoms with van der Waals surface area (Å²) in [5.41, 5.74) is 6.09. The Morgan fingerprint density at radius 3 is 2.33 bits per heavy atom. The standard InChI is InChI=1S/C12H17NO5/c13-11-10(16)9(15)8(6-14)18-12(11,17)7-4-2-1-3-5-7/h1-5,8-11,14-17H,6,13H2/t8-,9-,10+,11-,12?/m1/s1. The Morgan fingerprint density at radius 2 is 1.78 bits per heavy atom. The van der Waals surface area contributed by atoms with Crippen LogP contribution in [0.25, 0.3) is 0 Å². The Balaban J connectivity index is 2.37. The van der Waals surface area contributed by atoms with E-state index in [2.05, 4.69) is 0 Å².